The van der Waals surface area contributed by atoms with Gasteiger partial charge in [-0.1, -0.05) is 12.1 Å². The lowest BCUT2D eigenvalue weighted by Gasteiger charge is -2.03. The number of carboxylic acids is 2. The minimum Gasteiger partial charge on any atom is -0.497 e. The van der Waals surface area contributed by atoms with Gasteiger partial charge in [-0.05, 0) is 30.2 Å². The van der Waals surface area contributed by atoms with Crippen LogP contribution in [0.1, 0.15) is 18.4 Å². The molecular formula is C13H14O5. The van der Waals surface area contributed by atoms with Crippen molar-refractivity contribution < 1.29 is 24.5 Å². The molecule has 1 rings (SSSR count). The Balaban J connectivity index is 2.92. The van der Waals surface area contributed by atoms with Crippen LogP contribution in [0, 0.1) is 0 Å². The second-order valence-electron chi connectivity index (χ2n) is 3.65. The molecule has 1 aromatic carbocycles. The lowest BCUT2D eigenvalue weighted by Crippen LogP contribution is -2.04. The molecule has 0 saturated carbocycles. The zero-order valence-electron chi connectivity index (χ0n) is 9.92. The summed E-state index contributed by atoms with van der Waals surface area (Å²) in [5, 5.41) is 17.5. The second kappa shape index (κ2) is 6.44. The first-order valence-electron chi connectivity index (χ1n) is 5.32. The van der Waals surface area contributed by atoms with Crippen LogP contribution in [0.3, 0.4) is 0 Å². The first-order chi connectivity index (χ1) is 8.52. The first kappa shape index (κ1) is 13.8. The highest BCUT2D eigenvalue weighted by Crippen LogP contribution is 2.17. The molecule has 0 unspecified atom stereocenters. The molecule has 0 saturated heterocycles. The third-order valence-electron chi connectivity index (χ3n) is 2.32. The van der Waals surface area contributed by atoms with E-state index in [-0.39, 0.29) is 18.4 Å². The predicted octanol–water partition coefficient (Wildman–Crippen LogP) is 2.03. The molecule has 0 fully saturated rings. The maximum absolute atomic E-state index is 11.0. The number of hydrogen-bond acceptors (Lipinski definition) is 3. The fourth-order valence-electron chi connectivity index (χ4n) is 1.41. The third kappa shape index (κ3) is 4.29. The minimum absolute atomic E-state index is 0.0120. The lowest BCUT2D eigenvalue weighted by atomic mass is 10.1. The Bertz CT molecular complexity index is 476. The fourth-order valence-corrected chi connectivity index (χ4v) is 1.41. The Morgan fingerprint density at radius 3 is 2.56 bits per heavy atom. The van der Waals surface area contributed by atoms with E-state index < -0.39 is 11.9 Å². The zero-order valence-corrected chi connectivity index (χ0v) is 9.92. The van der Waals surface area contributed by atoms with Crippen LogP contribution in [0.2, 0.25) is 0 Å². The number of benzene rings is 1. The van der Waals surface area contributed by atoms with E-state index in [1.54, 1.807) is 24.3 Å². The molecule has 0 atom stereocenters. The van der Waals surface area contributed by atoms with Gasteiger partial charge in [0.1, 0.15) is 5.75 Å². The molecule has 0 aliphatic rings. The van der Waals surface area contributed by atoms with Gasteiger partial charge in [0.25, 0.3) is 0 Å². The molecule has 2 N–H and O–H groups in total. The van der Waals surface area contributed by atoms with Crippen molar-refractivity contribution in [3.05, 3.63) is 35.4 Å². The van der Waals surface area contributed by atoms with Gasteiger partial charge in [-0.3, -0.25) is 4.79 Å². The molecule has 0 aromatic heterocycles. The molecule has 0 spiro atoms. The third-order valence-corrected chi connectivity index (χ3v) is 2.32. The Morgan fingerprint density at radius 1 is 1.28 bits per heavy atom. The van der Waals surface area contributed by atoms with Gasteiger partial charge in [-0.15, -0.1) is 0 Å². The van der Waals surface area contributed by atoms with E-state index in [2.05, 4.69) is 0 Å². The highest BCUT2D eigenvalue weighted by molar-refractivity contribution is 5.92. The van der Waals surface area contributed by atoms with Crippen molar-refractivity contribution in [1.82, 2.24) is 0 Å². The standard InChI is InChI=1S/C13H14O5/c1-18-11-4-2-3-9(8-11)7-10(13(16)17)5-6-12(14)15/h2-4,7-8H,5-6H2,1H3,(H,14,15)(H,16,17)/b10-7+. The number of methoxy groups -OCH3 is 1. The summed E-state index contributed by atoms with van der Waals surface area (Å²) in [6, 6.07) is 6.90. The van der Waals surface area contributed by atoms with Crippen LogP contribution in [0.15, 0.2) is 29.8 Å². The molecule has 5 nitrogen and oxygen atoms in total. The van der Waals surface area contributed by atoms with Crippen LogP contribution in [-0.2, 0) is 9.59 Å². The van der Waals surface area contributed by atoms with Crippen LogP contribution in [0.25, 0.3) is 6.08 Å². The summed E-state index contributed by atoms with van der Waals surface area (Å²) in [5.74, 6) is -1.52. The number of rotatable bonds is 6. The Kier molecular flexibility index (Phi) is 4.92. The monoisotopic (exact) mass is 250 g/mol. The number of hydrogen-bond donors (Lipinski definition) is 2. The van der Waals surface area contributed by atoms with Crippen molar-refractivity contribution in [2.24, 2.45) is 0 Å². The normalized spacial score (nSPS) is 11.1. The second-order valence-corrected chi connectivity index (χ2v) is 3.65. The van der Waals surface area contributed by atoms with Crippen molar-refractivity contribution in [3.63, 3.8) is 0 Å². The Labute approximate surface area is 104 Å². The van der Waals surface area contributed by atoms with Crippen LogP contribution >= 0.6 is 0 Å². The summed E-state index contributed by atoms with van der Waals surface area (Å²) < 4.78 is 5.02. The fraction of sp³-hybridized carbons (Fsp3) is 0.231. The van der Waals surface area contributed by atoms with Gasteiger partial charge >= 0.3 is 11.9 Å². The Hall–Kier alpha value is -2.30. The van der Waals surface area contributed by atoms with Gasteiger partial charge in [0, 0.05) is 12.0 Å². The smallest absolute Gasteiger partial charge is 0.331 e. The van der Waals surface area contributed by atoms with Crippen LogP contribution in [0.5, 0.6) is 5.75 Å². The SMILES string of the molecule is COc1cccc(/C=C(\CCC(=O)O)C(=O)O)c1. The van der Waals surface area contributed by atoms with E-state index in [0.717, 1.165) is 0 Å². The molecule has 0 bridgehead atoms. The topological polar surface area (TPSA) is 83.8 Å². The van der Waals surface area contributed by atoms with Crippen molar-refractivity contribution >= 4 is 18.0 Å². The molecule has 5 heteroatoms. The van der Waals surface area contributed by atoms with Crippen LogP contribution < -0.4 is 4.74 Å². The molecule has 96 valence electrons. The highest BCUT2D eigenvalue weighted by atomic mass is 16.5. The van der Waals surface area contributed by atoms with E-state index >= 15 is 0 Å². The number of aliphatic carboxylic acids is 2. The minimum atomic E-state index is -1.11. The quantitative estimate of drug-likeness (QED) is 0.755. The van der Waals surface area contributed by atoms with Gasteiger partial charge in [0.2, 0.25) is 0 Å². The predicted molar refractivity (Wildman–Crippen MR) is 65.5 cm³/mol. The molecule has 0 amide bonds. The highest BCUT2D eigenvalue weighted by Gasteiger charge is 2.09. The van der Waals surface area contributed by atoms with Crippen molar-refractivity contribution in [2.45, 2.75) is 12.8 Å². The maximum Gasteiger partial charge on any atom is 0.331 e. The Morgan fingerprint density at radius 2 is 2.00 bits per heavy atom. The van der Waals surface area contributed by atoms with Gasteiger partial charge < -0.3 is 14.9 Å². The average Bonchev–Trinajstić information content (AvgIpc) is 2.34. The molecule has 18 heavy (non-hydrogen) atoms. The van der Waals surface area contributed by atoms with E-state index in [4.69, 9.17) is 14.9 Å². The average molecular weight is 250 g/mol. The maximum atomic E-state index is 11.0. The molecule has 0 aliphatic carbocycles. The van der Waals surface area contributed by atoms with Crippen molar-refractivity contribution in [3.8, 4) is 5.75 Å². The van der Waals surface area contributed by atoms with Gasteiger partial charge in [0.05, 0.1) is 7.11 Å². The lowest BCUT2D eigenvalue weighted by molar-refractivity contribution is -0.137. The molecule has 0 heterocycles. The summed E-state index contributed by atoms with van der Waals surface area (Å²) in [4.78, 5) is 21.4. The van der Waals surface area contributed by atoms with E-state index in [9.17, 15) is 9.59 Å². The van der Waals surface area contributed by atoms with Crippen molar-refractivity contribution in [1.29, 1.82) is 0 Å². The summed E-state index contributed by atoms with van der Waals surface area (Å²) in [6.45, 7) is 0. The van der Waals surface area contributed by atoms with Crippen LogP contribution in [-0.4, -0.2) is 29.3 Å². The van der Waals surface area contributed by atoms with Crippen LogP contribution in [0.4, 0.5) is 0 Å². The summed E-state index contributed by atoms with van der Waals surface area (Å²) in [5.41, 5.74) is 0.725. The molecule has 0 aliphatic heterocycles. The summed E-state index contributed by atoms with van der Waals surface area (Å²) in [7, 11) is 1.52. The molecular weight excluding hydrogens is 236 g/mol. The summed E-state index contributed by atoms with van der Waals surface area (Å²) >= 11 is 0. The van der Waals surface area contributed by atoms with Crippen molar-refractivity contribution in [2.75, 3.05) is 7.11 Å². The van der Waals surface area contributed by atoms with Gasteiger partial charge in [-0.25, -0.2) is 4.79 Å². The molecule has 0 radical (unpaired) electrons. The zero-order chi connectivity index (χ0) is 13.5. The first-order valence-corrected chi connectivity index (χ1v) is 5.32. The largest absolute Gasteiger partial charge is 0.497 e. The number of ether oxygens (including phenoxy) is 1. The van der Waals surface area contributed by atoms with E-state index in [0.29, 0.717) is 11.3 Å². The summed E-state index contributed by atoms with van der Waals surface area (Å²) in [6.07, 6.45) is 1.23. The molecule has 1 aromatic rings. The van der Waals surface area contributed by atoms with Gasteiger partial charge in [-0.2, -0.15) is 0 Å². The van der Waals surface area contributed by atoms with E-state index in [1.807, 2.05) is 0 Å². The number of carbonyl (C=O) groups is 2. The van der Waals surface area contributed by atoms with E-state index in [1.165, 1.54) is 13.2 Å². The number of carboxylic acid groups (broad SMARTS) is 2. The van der Waals surface area contributed by atoms with Gasteiger partial charge in [0.15, 0.2) is 0 Å².